The molecule has 0 aromatic heterocycles. The van der Waals surface area contributed by atoms with Gasteiger partial charge in [0.25, 0.3) is 0 Å². The Hall–Kier alpha value is -1.52. The number of ether oxygens (including phenoxy) is 2. The zero-order chi connectivity index (χ0) is 12.1. The van der Waals surface area contributed by atoms with Crippen LogP contribution in [0.3, 0.4) is 0 Å². The number of nitrogens with one attached hydrogen (secondary N) is 1. The zero-order valence-corrected chi connectivity index (χ0v) is 9.91. The normalized spacial score (nSPS) is 12.0. The van der Waals surface area contributed by atoms with Gasteiger partial charge in [0.05, 0.1) is 20.3 Å². The standard InChI is InChI=1S/C12H18N2O2/c1-8(2)11(14-13)9-6-5-7-10(15-3)12(9)16-4/h5-7,11,14H,1,13H2,2-4H3. The minimum Gasteiger partial charge on any atom is -0.493 e. The van der Waals surface area contributed by atoms with Crippen LogP contribution in [-0.2, 0) is 0 Å². The van der Waals surface area contributed by atoms with E-state index in [9.17, 15) is 0 Å². The molecule has 0 aliphatic carbocycles. The first-order valence-corrected chi connectivity index (χ1v) is 4.98. The molecule has 1 aromatic rings. The number of hydrazine groups is 1. The SMILES string of the molecule is C=C(C)C(NN)c1cccc(OC)c1OC. The fourth-order valence-corrected chi connectivity index (χ4v) is 1.64. The molecule has 0 radical (unpaired) electrons. The van der Waals surface area contributed by atoms with Crippen LogP contribution in [0.1, 0.15) is 18.5 Å². The van der Waals surface area contributed by atoms with Crippen molar-refractivity contribution in [1.82, 2.24) is 5.43 Å². The Kier molecular flexibility index (Phi) is 4.34. The van der Waals surface area contributed by atoms with Crippen LogP contribution in [0.2, 0.25) is 0 Å². The first-order chi connectivity index (χ1) is 7.65. The summed E-state index contributed by atoms with van der Waals surface area (Å²) in [6, 6.07) is 5.52. The fourth-order valence-electron chi connectivity index (χ4n) is 1.64. The van der Waals surface area contributed by atoms with Gasteiger partial charge in [0.2, 0.25) is 0 Å². The summed E-state index contributed by atoms with van der Waals surface area (Å²) in [5.74, 6) is 6.87. The lowest BCUT2D eigenvalue weighted by atomic mass is 10.0. The molecule has 0 aliphatic rings. The Balaban J connectivity index is 3.25. The summed E-state index contributed by atoms with van der Waals surface area (Å²) in [6.07, 6.45) is 0. The molecule has 1 aromatic carbocycles. The van der Waals surface area contributed by atoms with Gasteiger partial charge in [-0.05, 0) is 13.0 Å². The van der Waals surface area contributed by atoms with Crippen LogP contribution in [-0.4, -0.2) is 14.2 Å². The van der Waals surface area contributed by atoms with Gasteiger partial charge in [-0.15, -0.1) is 0 Å². The zero-order valence-electron chi connectivity index (χ0n) is 9.91. The average molecular weight is 222 g/mol. The maximum atomic E-state index is 5.51. The highest BCUT2D eigenvalue weighted by atomic mass is 16.5. The summed E-state index contributed by atoms with van der Waals surface area (Å²) in [5.41, 5.74) is 4.53. The summed E-state index contributed by atoms with van der Waals surface area (Å²) in [4.78, 5) is 0. The Morgan fingerprint density at radius 2 is 2.06 bits per heavy atom. The molecule has 0 saturated heterocycles. The van der Waals surface area contributed by atoms with Crippen molar-refractivity contribution >= 4 is 0 Å². The summed E-state index contributed by atoms with van der Waals surface area (Å²) < 4.78 is 10.6. The van der Waals surface area contributed by atoms with Crippen LogP contribution in [0.25, 0.3) is 0 Å². The van der Waals surface area contributed by atoms with E-state index in [0.717, 1.165) is 11.1 Å². The van der Waals surface area contributed by atoms with Crippen molar-refractivity contribution in [3.63, 3.8) is 0 Å². The molecular formula is C12H18N2O2. The maximum absolute atomic E-state index is 5.51. The van der Waals surface area contributed by atoms with Crippen LogP contribution < -0.4 is 20.7 Å². The Labute approximate surface area is 96.0 Å². The van der Waals surface area contributed by atoms with Gasteiger partial charge >= 0.3 is 0 Å². The van der Waals surface area contributed by atoms with Gasteiger partial charge in [0.1, 0.15) is 0 Å². The largest absolute Gasteiger partial charge is 0.493 e. The first-order valence-electron chi connectivity index (χ1n) is 4.98. The maximum Gasteiger partial charge on any atom is 0.165 e. The second-order valence-corrected chi connectivity index (χ2v) is 3.53. The van der Waals surface area contributed by atoms with Gasteiger partial charge in [-0.2, -0.15) is 0 Å². The fraction of sp³-hybridized carbons (Fsp3) is 0.333. The van der Waals surface area contributed by atoms with Crippen molar-refractivity contribution in [2.24, 2.45) is 5.84 Å². The molecule has 0 aliphatic heterocycles. The number of methoxy groups -OCH3 is 2. The molecule has 1 atom stereocenters. The number of rotatable bonds is 5. The van der Waals surface area contributed by atoms with Crippen molar-refractivity contribution in [3.8, 4) is 11.5 Å². The molecule has 0 amide bonds. The smallest absolute Gasteiger partial charge is 0.165 e. The van der Waals surface area contributed by atoms with Crippen molar-refractivity contribution in [2.45, 2.75) is 13.0 Å². The van der Waals surface area contributed by atoms with E-state index in [2.05, 4.69) is 12.0 Å². The molecule has 0 saturated carbocycles. The number of para-hydroxylation sites is 1. The van der Waals surface area contributed by atoms with E-state index in [1.165, 1.54) is 0 Å². The van der Waals surface area contributed by atoms with Gasteiger partial charge in [0, 0.05) is 5.56 Å². The molecule has 16 heavy (non-hydrogen) atoms. The quantitative estimate of drug-likeness (QED) is 0.453. The summed E-state index contributed by atoms with van der Waals surface area (Å²) >= 11 is 0. The first kappa shape index (κ1) is 12.5. The summed E-state index contributed by atoms with van der Waals surface area (Å²) in [6.45, 7) is 5.80. The predicted octanol–water partition coefficient (Wildman–Crippen LogP) is 1.78. The third-order valence-corrected chi connectivity index (χ3v) is 2.40. The Morgan fingerprint density at radius 3 is 2.50 bits per heavy atom. The third-order valence-electron chi connectivity index (χ3n) is 2.40. The highest BCUT2D eigenvalue weighted by molar-refractivity contribution is 5.49. The molecule has 3 N–H and O–H groups in total. The van der Waals surface area contributed by atoms with E-state index >= 15 is 0 Å². The summed E-state index contributed by atoms with van der Waals surface area (Å²) in [5, 5.41) is 0. The molecule has 1 rings (SSSR count). The van der Waals surface area contributed by atoms with Gasteiger partial charge < -0.3 is 9.47 Å². The topological polar surface area (TPSA) is 56.5 Å². The number of hydrogen-bond donors (Lipinski definition) is 2. The van der Waals surface area contributed by atoms with E-state index in [4.69, 9.17) is 15.3 Å². The number of hydrogen-bond acceptors (Lipinski definition) is 4. The highest BCUT2D eigenvalue weighted by Crippen LogP contribution is 2.36. The van der Waals surface area contributed by atoms with Crippen LogP contribution in [0, 0.1) is 0 Å². The lowest BCUT2D eigenvalue weighted by molar-refractivity contribution is 0.348. The molecule has 0 fully saturated rings. The number of nitrogens with two attached hydrogens (primary N) is 1. The van der Waals surface area contributed by atoms with E-state index in [-0.39, 0.29) is 6.04 Å². The minimum absolute atomic E-state index is 0.148. The van der Waals surface area contributed by atoms with Crippen LogP contribution >= 0.6 is 0 Å². The van der Waals surface area contributed by atoms with Crippen molar-refractivity contribution < 1.29 is 9.47 Å². The predicted molar refractivity (Wildman–Crippen MR) is 64.4 cm³/mol. The third kappa shape index (κ3) is 2.35. The molecule has 4 heteroatoms. The Bertz CT molecular complexity index is 377. The van der Waals surface area contributed by atoms with Gasteiger partial charge in [-0.1, -0.05) is 24.3 Å². The van der Waals surface area contributed by atoms with Crippen molar-refractivity contribution in [2.75, 3.05) is 14.2 Å². The lowest BCUT2D eigenvalue weighted by Gasteiger charge is -2.20. The molecule has 1 unspecified atom stereocenters. The van der Waals surface area contributed by atoms with E-state index in [1.54, 1.807) is 14.2 Å². The number of benzene rings is 1. The molecule has 88 valence electrons. The summed E-state index contributed by atoms with van der Waals surface area (Å²) in [7, 11) is 3.21. The monoisotopic (exact) mass is 222 g/mol. The second-order valence-electron chi connectivity index (χ2n) is 3.53. The Morgan fingerprint density at radius 1 is 1.38 bits per heavy atom. The van der Waals surface area contributed by atoms with Gasteiger partial charge in [0.15, 0.2) is 11.5 Å². The highest BCUT2D eigenvalue weighted by Gasteiger charge is 2.18. The van der Waals surface area contributed by atoms with Crippen molar-refractivity contribution in [1.29, 1.82) is 0 Å². The van der Waals surface area contributed by atoms with Crippen LogP contribution in [0.4, 0.5) is 0 Å². The molecule has 0 bridgehead atoms. The minimum atomic E-state index is -0.148. The van der Waals surface area contributed by atoms with E-state index in [0.29, 0.717) is 11.5 Å². The van der Waals surface area contributed by atoms with Crippen molar-refractivity contribution in [3.05, 3.63) is 35.9 Å². The average Bonchev–Trinajstić information content (AvgIpc) is 2.29. The van der Waals surface area contributed by atoms with Gasteiger partial charge in [-0.3, -0.25) is 5.84 Å². The van der Waals surface area contributed by atoms with Gasteiger partial charge in [-0.25, -0.2) is 5.43 Å². The van der Waals surface area contributed by atoms with E-state index < -0.39 is 0 Å². The van der Waals surface area contributed by atoms with E-state index in [1.807, 2.05) is 25.1 Å². The second kappa shape index (κ2) is 5.53. The van der Waals surface area contributed by atoms with Crippen LogP contribution in [0.15, 0.2) is 30.4 Å². The molecular weight excluding hydrogens is 204 g/mol. The molecule has 0 spiro atoms. The molecule has 4 nitrogen and oxygen atoms in total. The molecule has 0 heterocycles. The van der Waals surface area contributed by atoms with Crippen LogP contribution in [0.5, 0.6) is 11.5 Å². The lowest BCUT2D eigenvalue weighted by Crippen LogP contribution is -2.28.